The maximum absolute atomic E-state index is 12.1. The zero-order chi connectivity index (χ0) is 14.4. The number of aliphatic imine (C=N–C) groups is 1. The summed E-state index contributed by atoms with van der Waals surface area (Å²) in [6.07, 6.45) is 0. The fourth-order valence-corrected chi connectivity index (χ4v) is 1.63. The minimum Gasteiger partial charge on any atom is -0.323 e. The van der Waals surface area contributed by atoms with E-state index in [0.717, 1.165) is 5.69 Å². The number of ketones is 1. The van der Waals surface area contributed by atoms with Crippen LogP contribution in [0, 0.1) is 11.8 Å². The minimum absolute atomic E-state index is 0.0743. The van der Waals surface area contributed by atoms with E-state index in [1.54, 1.807) is 0 Å². The van der Waals surface area contributed by atoms with E-state index >= 15 is 0 Å². The summed E-state index contributed by atoms with van der Waals surface area (Å²) in [5.41, 5.74) is 1.70. The highest BCUT2D eigenvalue weighted by molar-refractivity contribution is 6.68. The van der Waals surface area contributed by atoms with Gasteiger partial charge in [0.2, 0.25) is 0 Å². The van der Waals surface area contributed by atoms with E-state index < -0.39 is 0 Å². The lowest BCUT2D eigenvalue weighted by Gasteiger charge is -2.13. The second-order valence-electron chi connectivity index (χ2n) is 4.98. The van der Waals surface area contributed by atoms with Gasteiger partial charge in [-0.1, -0.05) is 45.9 Å². The summed E-state index contributed by atoms with van der Waals surface area (Å²) in [5, 5.41) is 3.66. The molecule has 0 radical (unpaired) electrons. The van der Waals surface area contributed by atoms with Gasteiger partial charge in [-0.2, -0.15) is 5.10 Å². The predicted molar refractivity (Wildman–Crippen MR) is 79.8 cm³/mol. The number of para-hydroxylation sites is 1. The Morgan fingerprint density at radius 3 is 2.05 bits per heavy atom. The van der Waals surface area contributed by atoms with Gasteiger partial charge in [-0.05, 0) is 18.1 Å². The Kier molecular flexibility index (Phi) is 5.42. The average molecular weight is 259 g/mol. The Balaban J connectivity index is 3.21. The summed E-state index contributed by atoms with van der Waals surface area (Å²) in [6, 6.07) is 9.50. The lowest BCUT2D eigenvalue weighted by Crippen LogP contribution is -2.32. The van der Waals surface area contributed by atoms with Gasteiger partial charge in [-0.15, -0.1) is 0 Å². The van der Waals surface area contributed by atoms with Gasteiger partial charge in [-0.3, -0.25) is 9.79 Å². The first-order chi connectivity index (χ1) is 8.97. The molecule has 4 nitrogen and oxygen atoms in total. The zero-order valence-corrected chi connectivity index (χ0v) is 11.9. The highest BCUT2D eigenvalue weighted by Crippen LogP contribution is 2.15. The molecule has 102 valence electrons. The van der Waals surface area contributed by atoms with Gasteiger partial charge >= 0.3 is 0 Å². The lowest BCUT2D eigenvalue weighted by molar-refractivity contribution is -0.115. The molecule has 0 atom stereocenters. The largest absolute Gasteiger partial charge is 0.323 e. The molecule has 4 heteroatoms. The number of nitrogens with zero attached hydrogens (tertiary/aromatic N) is 2. The maximum Gasteiger partial charge on any atom is 0.187 e. The zero-order valence-electron chi connectivity index (χ0n) is 11.9. The summed E-state index contributed by atoms with van der Waals surface area (Å²) in [4.78, 5) is 16.6. The fourth-order valence-electron chi connectivity index (χ4n) is 1.63. The Bertz CT molecular complexity index is 487. The SMILES string of the molecule is CC(C)C(=O)C(=NN)C(=Nc1ccccc1)C(C)C. The lowest BCUT2D eigenvalue weighted by atomic mass is 9.95. The van der Waals surface area contributed by atoms with Crippen molar-refractivity contribution < 1.29 is 4.79 Å². The number of benzene rings is 1. The molecule has 0 unspecified atom stereocenters. The van der Waals surface area contributed by atoms with Crippen LogP contribution in [-0.2, 0) is 4.79 Å². The van der Waals surface area contributed by atoms with E-state index in [4.69, 9.17) is 5.84 Å². The first-order valence-electron chi connectivity index (χ1n) is 6.43. The van der Waals surface area contributed by atoms with Crippen LogP contribution >= 0.6 is 0 Å². The third-order valence-electron chi connectivity index (χ3n) is 2.68. The van der Waals surface area contributed by atoms with Crippen molar-refractivity contribution in [3.63, 3.8) is 0 Å². The molecule has 1 rings (SSSR count). The van der Waals surface area contributed by atoms with Crippen molar-refractivity contribution in [2.24, 2.45) is 27.8 Å². The Morgan fingerprint density at radius 1 is 1.05 bits per heavy atom. The normalized spacial score (nSPS) is 13.2. The van der Waals surface area contributed by atoms with Crippen molar-refractivity contribution in [2.45, 2.75) is 27.7 Å². The van der Waals surface area contributed by atoms with Gasteiger partial charge in [0.25, 0.3) is 0 Å². The molecule has 1 aromatic rings. The minimum atomic E-state index is -0.151. The van der Waals surface area contributed by atoms with Crippen LogP contribution in [0.1, 0.15) is 27.7 Å². The summed E-state index contributed by atoms with van der Waals surface area (Å²) in [7, 11) is 0. The molecule has 0 heterocycles. The van der Waals surface area contributed by atoms with Crippen LogP contribution in [-0.4, -0.2) is 17.2 Å². The van der Waals surface area contributed by atoms with Crippen LogP contribution in [0.15, 0.2) is 40.4 Å². The Morgan fingerprint density at radius 2 is 1.63 bits per heavy atom. The van der Waals surface area contributed by atoms with E-state index in [1.807, 2.05) is 58.0 Å². The molecule has 0 saturated heterocycles. The number of carbonyl (C=O) groups is 1. The summed E-state index contributed by atoms with van der Waals surface area (Å²) < 4.78 is 0. The van der Waals surface area contributed by atoms with E-state index in [-0.39, 0.29) is 23.3 Å². The van der Waals surface area contributed by atoms with E-state index in [9.17, 15) is 4.79 Å². The molecule has 0 spiro atoms. The maximum atomic E-state index is 12.1. The monoisotopic (exact) mass is 259 g/mol. The molecule has 0 aliphatic heterocycles. The number of Topliss-reactive ketones (excluding diaryl/α,β-unsaturated/α-hetero) is 1. The van der Waals surface area contributed by atoms with Crippen molar-refractivity contribution in [3.05, 3.63) is 30.3 Å². The van der Waals surface area contributed by atoms with Crippen LogP contribution in [0.3, 0.4) is 0 Å². The molecule has 0 amide bonds. The van der Waals surface area contributed by atoms with Crippen LogP contribution in [0.25, 0.3) is 0 Å². The van der Waals surface area contributed by atoms with E-state index in [0.29, 0.717) is 5.71 Å². The van der Waals surface area contributed by atoms with Crippen LogP contribution < -0.4 is 5.84 Å². The smallest absolute Gasteiger partial charge is 0.187 e. The third kappa shape index (κ3) is 4.02. The summed E-state index contributed by atoms with van der Waals surface area (Å²) >= 11 is 0. The number of hydrogen-bond acceptors (Lipinski definition) is 4. The number of nitrogens with two attached hydrogens (primary N) is 1. The van der Waals surface area contributed by atoms with Gasteiger partial charge < -0.3 is 5.84 Å². The highest BCUT2D eigenvalue weighted by Gasteiger charge is 2.23. The van der Waals surface area contributed by atoms with Gasteiger partial charge in [-0.25, -0.2) is 0 Å². The first kappa shape index (κ1) is 15.1. The molecule has 0 aromatic heterocycles. The molecule has 1 aromatic carbocycles. The molecule has 19 heavy (non-hydrogen) atoms. The van der Waals surface area contributed by atoms with E-state index in [1.165, 1.54) is 0 Å². The second-order valence-corrected chi connectivity index (χ2v) is 4.98. The molecular formula is C15H21N3O. The highest BCUT2D eigenvalue weighted by atomic mass is 16.1. The number of hydrogen-bond donors (Lipinski definition) is 1. The average Bonchev–Trinajstić information content (AvgIpc) is 2.39. The fraction of sp³-hybridized carbons (Fsp3) is 0.400. The van der Waals surface area contributed by atoms with Crippen LogP contribution in [0.2, 0.25) is 0 Å². The molecule has 0 bridgehead atoms. The topological polar surface area (TPSA) is 67.8 Å². The first-order valence-corrected chi connectivity index (χ1v) is 6.43. The van der Waals surface area contributed by atoms with Crippen molar-refractivity contribution in [2.75, 3.05) is 0 Å². The van der Waals surface area contributed by atoms with Gasteiger partial charge in [0.1, 0.15) is 5.71 Å². The Hall–Kier alpha value is -1.97. The molecule has 0 aliphatic rings. The van der Waals surface area contributed by atoms with Gasteiger partial charge in [0.05, 0.1) is 11.4 Å². The number of rotatable bonds is 5. The van der Waals surface area contributed by atoms with Crippen molar-refractivity contribution >= 4 is 22.9 Å². The van der Waals surface area contributed by atoms with Crippen LogP contribution in [0.4, 0.5) is 5.69 Å². The second kappa shape index (κ2) is 6.83. The Labute approximate surface area is 114 Å². The quantitative estimate of drug-likeness (QED) is 0.502. The molecule has 0 aliphatic carbocycles. The summed E-state index contributed by atoms with van der Waals surface area (Å²) in [6.45, 7) is 7.60. The number of hydrazone groups is 1. The van der Waals surface area contributed by atoms with Crippen molar-refractivity contribution in [3.8, 4) is 0 Å². The van der Waals surface area contributed by atoms with Gasteiger partial charge in [0, 0.05) is 5.92 Å². The van der Waals surface area contributed by atoms with Crippen molar-refractivity contribution in [1.29, 1.82) is 0 Å². The van der Waals surface area contributed by atoms with Gasteiger partial charge in [0.15, 0.2) is 5.78 Å². The third-order valence-corrected chi connectivity index (χ3v) is 2.68. The van der Waals surface area contributed by atoms with Crippen LogP contribution in [0.5, 0.6) is 0 Å². The molecule has 2 N–H and O–H groups in total. The predicted octanol–water partition coefficient (Wildman–Crippen LogP) is 2.95. The van der Waals surface area contributed by atoms with Crippen molar-refractivity contribution in [1.82, 2.24) is 0 Å². The molecule has 0 saturated carbocycles. The molecular weight excluding hydrogens is 238 g/mol. The van der Waals surface area contributed by atoms with E-state index in [2.05, 4.69) is 10.1 Å². The summed E-state index contributed by atoms with van der Waals surface area (Å²) in [5.74, 6) is 5.24. The standard InChI is InChI=1S/C15H21N3O/c1-10(2)13(14(18-16)15(19)11(3)4)17-12-8-6-5-7-9-12/h5-11H,16H2,1-4H3. The number of carbonyl (C=O) groups excluding carboxylic acids is 1. The molecule has 0 fully saturated rings.